The van der Waals surface area contributed by atoms with E-state index in [1.54, 1.807) is 4.68 Å². The van der Waals surface area contributed by atoms with Gasteiger partial charge in [-0.15, -0.1) is 12.6 Å². The van der Waals surface area contributed by atoms with E-state index in [0.717, 1.165) is 25.7 Å². The predicted molar refractivity (Wildman–Crippen MR) is 103 cm³/mol. The van der Waals surface area contributed by atoms with Gasteiger partial charge < -0.3 is 5.11 Å². The number of nitrogens with zero attached hydrogens (tertiary/aromatic N) is 3. The molecule has 1 saturated carbocycles. The molecule has 1 N–H and O–H groups in total. The third-order valence-corrected chi connectivity index (χ3v) is 6.34. The van der Waals surface area contributed by atoms with Gasteiger partial charge in [0.25, 0.3) is 0 Å². The second kappa shape index (κ2) is 7.12. The van der Waals surface area contributed by atoms with Crippen molar-refractivity contribution in [3.05, 3.63) is 41.7 Å². The van der Waals surface area contributed by atoms with Crippen LogP contribution in [0.2, 0.25) is 0 Å². The van der Waals surface area contributed by atoms with Gasteiger partial charge in [0.05, 0.1) is 12.1 Å². The minimum absolute atomic E-state index is 0.161. The van der Waals surface area contributed by atoms with Crippen LogP contribution < -0.4 is 0 Å². The first-order valence-electron chi connectivity index (χ1n) is 9.22. The van der Waals surface area contributed by atoms with Crippen LogP contribution in [0.25, 0.3) is 0 Å². The van der Waals surface area contributed by atoms with E-state index >= 15 is 0 Å². The molecule has 2 unspecified atom stereocenters. The van der Waals surface area contributed by atoms with Gasteiger partial charge in [-0.25, -0.2) is 9.67 Å². The van der Waals surface area contributed by atoms with Crippen molar-refractivity contribution in [1.29, 1.82) is 0 Å². The Bertz CT molecular complexity index is 710. The lowest BCUT2D eigenvalue weighted by atomic mass is 9.72. The highest BCUT2D eigenvalue weighted by atomic mass is 32.1. The van der Waals surface area contributed by atoms with E-state index in [-0.39, 0.29) is 11.3 Å². The van der Waals surface area contributed by atoms with Gasteiger partial charge in [0.2, 0.25) is 0 Å². The van der Waals surface area contributed by atoms with Crippen LogP contribution in [-0.2, 0) is 19.4 Å². The first kappa shape index (κ1) is 18.5. The number of hydrogen-bond acceptors (Lipinski definition) is 4. The number of aryl methyl sites for hydroxylation is 1. The lowest BCUT2D eigenvalue weighted by Gasteiger charge is -2.41. The zero-order valence-corrected chi connectivity index (χ0v) is 16.3. The van der Waals surface area contributed by atoms with E-state index in [4.69, 9.17) is 0 Å². The number of aliphatic hydroxyl groups is 1. The molecule has 0 aliphatic heterocycles. The van der Waals surface area contributed by atoms with Crippen LogP contribution in [-0.4, -0.2) is 25.5 Å². The van der Waals surface area contributed by atoms with Crippen LogP contribution in [0.4, 0.5) is 0 Å². The lowest BCUT2D eigenvalue weighted by Crippen LogP contribution is -2.49. The van der Waals surface area contributed by atoms with Crippen molar-refractivity contribution in [3.8, 4) is 0 Å². The third kappa shape index (κ3) is 3.63. The normalized spacial score (nSPS) is 25.4. The van der Waals surface area contributed by atoms with E-state index in [1.165, 1.54) is 23.9 Å². The van der Waals surface area contributed by atoms with Gasteiger partial charge in [0.15, 0.2) is 5.16 Å². The molecule has 0 spiro atoms. The fraction of sp³-hybridized carbons (Fsp3) is 0.600. The molecule has 4 nitrogen and oxygen atoms in total. The summed E-state index contributed by atoms with van der Waals surface area (Å²) in [6, 6.07) is 8.88. The highest BCUT2D eigenvalue weighted by molar-refractivity contribution is 7.80. The summed E-state index contributed by atoms with van der Waals surface area (Å²) >= 11 is 4.35. The summed E-state index contributed by atoms with van der Waals surface area (Å²) in [5.41, 5.74) is 1.70. The third-order valence-electron chi connectivity index (χ3n) is 5.99. The molecule has 0 amide bonds. The molecule has 1 fully saturated rings. The molecule has 0 saturated heterocycles. The second-order valence-electron chi connectivity index (χ2n) is 8.03. The second-order valence-corrected chi connectivity index (χ2v) is 8.43. The SMILES string of the molecule is CCCc1ccc(CC2CCC(C)(C)C2(O)Cn2ncnc2S)cc1. The molecule has 5 heteroatoms. The number of aromatic nitrogens is 3. The van der Waals surface area contributed by atoms with Crippen molar-refractivity contribution < 1.29 is 5.11 Å². The fourth-order valence-electron chi connectivity index (χ4n) is 4.17. The lowest BCUT2D eigenvalue weighted by molar-refractivity contribution is -0.0922. The quantitative estimate of drug-likeness (QED) is 0.769. The van der Waals surface area contributed by atoms with E-state index in [9.17, 15) is 5.11 Å². The maximum absolute atomic E-state index is 11.7. The Hall–Kier alpha value is -1.33. The number of hydrogen-bond donors (Lipinski definition) is 2. The van der Waals surface area contributed by atoms with Crippen LogP contribution in [0.5, 0.6) is 0 Å². The van der Waals surface area contributed by atoms with Crippen LogP contribution in [0.1, 0.15) is 51.2 Å². The highest BCUT2D eigenvalue weighted by Crippen LogP contribution is 2.51. The van der Waals surface area contributed by atoms with Gasteiger partial charge in [0.1, 0.15) is 6.33 Å². The zero-order chi connectivity index (χ0) is 18.1. The van der Waals surface area contributed by atoms with Crippen LogP contribution in [0, 0.1) is 11.3 Å². The molecule has 0 bridgehead atoms. The topological polar surface area (TPSA) is 50.9 Å². The Balaban J connectivity index is 1.80. The average Bonchev–Trinajstić information content (AvgIpc) is 3.06. The van der Waals surface area contributed by atoms with E-state index in [1.807, 2.05) is 0 Å². The van der Waals surface area contributed by atoms with Gasteiger partial charge in [-0.2, -0.15) is 5.10 Å². The zero-order valence-electron chi connectivity index (χ0n) is 15.4. The molecule has 3 rings (SSSR count). The monoisotopic (exact) mass is 359 g/mol. The van der Waals surface area contributed by atoms with Gasteiger partial charge >= 0.3 is 0 Å². The van der Waals surface area contributed by atoms with Crippen molar-refractivity contribution in [2.45, 2.75) is 70.2 Å². The molecule has 1 aromatic heterocycles. The first-order valence-corrected chi connectivity index (χ1v) is 9.67. The van der Waals surface area contributed by atoms with Gasteiger partial charge in [-0.05, 0) is 48.1 Å². The molecule has 25 heavy (non-hydrogen) atoms. The molecule has 1 aliphatic carbocycles. The summed E-state index contributed by atoms with van der Waals surface area (Å²) < 4.78 is 1.72. The smallest absolute Gasteiger partial charge is 0.183 e. The van der Waals surface area contributed by atoms with Gasteiger partial charge in [0, 0.05) is 0 Å². The molecule has 2 aromatic rings. The Morgan fingerprint density at radius 3 is 2.52 bits per heavy atom. The van der Waals surface area contributed by atoms with Crippen LogP contribution in [0.15, 0.2) is 35.7 Å². The number of benzene rings is 1. The Kier molecular flexibility index (Phi) is 5.26. The van der Waals surface area contributed by atoms with Crippen molar-refractivity contribution in [3.63, 3.8) is 0 Å². The Morgan fingerprint density at radius 2 is 1.92 bits per heavy atom. The maximum atomic E-state index is 11.7. The maximum Gasteiger partial charge on any atom is 0.183 e. The molecular weight excluding hydrogens is 330 g/mol. The molecular formula is C20H29N3OS. The van der Waals surface area contributed by atoms with Crippen LogP contribution >= 0.6 is 12.6 Å². The number of rotatable bonds is 6. The van der Waals surface area contributed by atoms with Crippen molar-refractivity contribution in [2.24, 2.45) is 11.3 Å². The first-order chi connectivity index (χ1) is 11.9. The standard InChI is InChI=1S/C20H29N3OS/c1-4-5-15-6-8-16(9-7-15)12-17-10-11-19(2,3)20(17,24)13-23-18(25)21-14-22-23/h6-9,14,17,24H,4-5,10-13H2,1-3H3,(H,21,22,25). The Morgan fingerprint density at radius 1 is 1.24 bits per heavy atom. The van der Waals surface area contributed by atoms with Crippen molar-refractivity contribution >= 4 is 12.6 Å². The summed E-state index contributed by atoms with van der Waals surface area (Å²) in [7, 11) is 0. The average molecular weight is 360 g/mol. The Labute approximate surface area is 156 Å². The van der Waals surface area contributed by atoms with Crippen molar-refractivity contribution in [1.82, 2.24) is 14.8 Å². The highest BCUT2D eigenvalue weighted by Gasteiger charge is 2.54. The molecule has 136 valence electrons. The fourth-order valence-corrected chi connectivity index (χ4v) is 4.34. The molecule has 0 radical (unpaired) electrons. The largest absolute Gasteiger partial charge is 0.387 e. The predicted octanol–water partition coefficient (Wildman–Crippen LogP) is 3.93. The summed E-state index contributed by atoms with van der Waals surface area (Å²) in [5.74, 6) is 0.205. The minimum atomic E-state index is -0.819. The molecule has 1 heterocycles. The summed E-state index contributed by atoms with van der Waals surface area (Å²) in [5, 5.41) is 16.4. The summed E-state index contributed by atoms with van der Waals surface area (Å²) in [6.07, 6.45) is 6.71. The van der Waals surface area contributed by atoms with Crippen molar-refractivity contribution in [2.75, 3.05) is 0 Å². The van der Waals surface area contributed by atoms with E-state index in [0.29, 0.717) is 11.7 Å². The molecule has 1 aliphatic rings. The van der Waals surface area contributed by atoms with E-state index in [2.05, 4.69) is 67.7 Å². The molecule has 2 atom stereocenters. The molecule has 1 aromatic carbocycles. The van der Waals surface area contributed by atoms with Crippen LogP contribution in [0.3, 0.4) is 0 Å². The summed E-state index contributed by atoms with van der Waals surface area (Å²) in [6.45, 7) is 6.96. The minimum Gasteiger partial charge on any atom is -0.387 e. The van der Waals surface area contributed by atoms with Gasteiger partial charge in [-0.3, -0.25) is 0 Å². The number of thiol groups is 1. The van der Waals surface area contributed by atoms with Gasteiger partial charge in [-0.1, -0.05) is 51.5 Å². The summed E-state index contributed by atoms with van der Waals surface area (Å²) in [4.78, 5) is 4.08. The van der Waals surface area contributed by atoms with E-state index < -0.39 is 5.60 Å².